The summed E-state index contributed by atoms with van der Waals surface area (Å²) in [4.78, 5) is 12.1. The number of aliphatic hydroxyl groups excluding tert-OH is 1. The molecule has 0 aliphatic carbocycles. The fourth-order valence-electron chi connectivity index (χ4n) is 2.02. The number of carbonyl (C=O) groups excluding carboxylic acids is 1. The van der Waals surface area contributed by atoms with Crippen LogP contribution in [0.5, 0.6) is 0 Å². The Morgan fingerprint density at radius 2 is 2.05 bits per heavy atom. The van der Waals surface area contributed by atoms with Crippen LogP contribution in [0.1, 0.15) is 27.7 Å². The summed E-state index contributed by atoms with van der Waals surface area (Å²) in [6.07, 6.45) is -1.48. The number of nitrogens with one attached hydrogen (secondary N) is 2. The Morgan fingerprint density at radius 1 is 1.41 bits per heavy atom. The van der Waals surface area contributed by atoms with E-state index in [1.807, 2.05) is 0 Å². The van der Waals surface area contributed by atoms with E-state index in [9.17, 15) is 18.7 Å². The van der Waals surface area contributed by atoms with Gasteiger partial charge in [-0.1, -0.05) is 6.07 Å². The summed E-state index contributed by atoms with van der Waals surface area (Å²) in [5.74, 6) is -2.18. The lowest BCUT2D eigenvalue weighted by Gasteiger charge is -2.14. The van der Waals surface area contributed by atoms with Crippen LogP contribution in [-0.2, 0) is 0 Å². The molecule has 0 bridgehead atoms. The Hall–Kier alpha value is -2.06. The first kappa shape index (κ1) is 16.3. The molecule has 0 radical (unpaired) electrons. The standard InChI is InChI=1S/C14H15F2N3O2S/c1-7-11(14(17-2)22-19-7)13(21)18-6-10(20)12-8(15)4-3-5-9(12)16/h3-5,10,17,20H,6H2,1-2H3,(H,18,21). The van der Waals surface area contributed by atoms with Crippen molar-refractivity contribution in [2.24, 2.45) is 0 Å². The molecule has 0 spiro atoms. The molecule has 1 heterocycles. The second-order valence-corrected chi connectivity index (χ2v) is 5.36. The lowest BCUT2D eigenvalue weighted by Crippen LogP contribution is -2.29. The largest absolute Gasteiger partial charge is 0.386 e. The number of halogens is 2. The van der Waals surface area contributed by atoms with Crippen LogP contribution in [0, 0.1) is 18.6 Å². The number of anilines is 1. The van der Waals surface area contributed by atoms with Gasteiger partial charge in [-0.25, -0.2) is 8.78 Å². The van der Waals surface area contributed by atoms with E-state index in [0.29, 0.717) is 16.3 Å². The highest BCUT2D eigenvalue weighted by molar-refractivity contribution is 7.10. The van der Waals surface area contributed by atoms with Crippen molar-refractivity contribution in [3.8, 4) is 0 Å². The van der Waals surface area contributed by atoms with Gasteiger partial charge in [0.25, 0.3) is 5.91 Å². The zero-order chi connectivity index (χ0) is 16.3. The molecule has 1 amide bonds. The Bertz CT molecular complexity index is 670. The highest BCUT2D eigenvalue weighted by Gasteiger charge is 2.21. The van der Waals surface area contributed by atoms with E-state index >= 15 is 0 Å². The maximum absolute atomic E-state index is 13.6. The van der Waals surface area contributed by atoms with Crippen molar-refractivity contribution in [3.63, 3.8) is 0 Å². The predicted octanol–water partition coefficient (Wildman–Crippen LogP) is 2.23. The molecule has 22 heavy (non-hydrogen) atoms. The summed E-state index contributed by atoms with van der Waals surface area (Å²) in [6.45, 7) is 1.37. The Kier molecular flexibility index (Phi) is 5.04. The van der Waals surface area contributed by atoms with Gasteiger partial charge in [-0.05, 0) is 30.6 Å². The van der Waals surface area contributed by atoms with Crippen molar-refractivity contribution in [2.75, 3.05) is 18.9 Å². The highest BCUT2D eigenvalue weighted by Crippen LogP contribution is 2.24. The van der Waals surface area contributed by atoms with Crippen LogP contribution in [0.15, 0.2) is 18.2 Å². The molecule has 0 aliphatic rings. The first-order valence-electron chi connectivity index (χ1n) is 6.50. The van der Waals surface area contributed by atoms with Crippen molar-refractivity contribution in [2.45, 2.75) is 13.0 Å². The zero-order valence-electron chi connectivity index (χ0n) is 12.0. The first-order valence-corrected chi connectivity index (χ1v) is 7.27. The minimum absolute atomic E-state index is 0.310. The summed E-state index contributed by atoms with van der Waals surface area (Å²) in [5, 5.41) is 15.8. The van der Waals surface area contributed by atoms with Gasteiger partial charge in [0.05, 0.1) is 16.8 Å². The average molecular weight is 327 g/mol. The predicted molar refractivity (Wildman–Crippen MR) is 80.0 cm³/mol. The number of amides is 1. The van der Waals surface area contributed by atoms with Crippen LogP contribution >= 0.6 is 11.5 Å². The lowest BCUT2D eigenvalue weighted by atomic mass is 10.1. The summed E-state index contributed by atoms with van der Waals surface area (Å²) < 4.78 is 31.2. The molecule has 5 nitrogen and oxygen atoms in total. The van der Waals surface area contributed by atoms with Crippen LogP contribution in [0.4, 0.5) is 13.8 Å². The molecule has 1 aromatic heterocycles. The number of hydrogen-bond acceptors (Lipinski definition) is 5. The number of nitrogens with zero attached hydrogens (tertiary/aromatic N) is 1. The zero-order valence-corrected chi connectivity index (χ0v) is 12.8. The second-order valence-electron chi connectivity index (χ2n) is 4.58. The molecule has 8 heteroatoms. The molecule has 1 aromatic carbocycles. The summed E-state index contributed by atoms with van der Waals surface area (Å²) >= 11 is 1.14. The van der Waals surface area contributed by atoms with Crippen LogP contribution < -0.4 is 10.6 Å². The number of aryl methyl sites for hydroxylation is 1. The Balaban J connectivity index is 2.09. The van der Waals surface area contributed by atoms with E-state index in [1.165, 1.54) is 6.07 Å². The van der Waals surface area contributed by atoms with Gasteiger partial charge in [0.15, 0.2) is 0 Å². The van der Waals surface area contributed by atoms with Gasteiger partial charge in [0.1, 0.15) is 22.7 Å². The molecule has 0 aliphatic heterocycles. The first-order chi connectivity index (χ1) is 10.5. The van der Waals surface area contributed by atoms with E-state index in [2.05, 4.69) is 15.0 Å². The molecule has 118 valence electrons. The third kappa shape index (κ3) is 3.23. The van der Waals surface area contributed by atoms with Crippen molar-refractivity contribution in [3.05, 3.63) is 46.7 Å². The topological polar surface area (TPSA) is 74.2 Å². The van der Waals surface area contributed by atoms with E-state index in [-0.39, 0.29) is 6.54 Å². The molecule has 0 saturated carbocycles. The van der Waals surface area contributed by atoms with E-state index in [4.69, 9.17) is 0 Å². The lowest BCUT2D eigenvalue weighted by molar-refractivity contribution is 0.0911. The summed E-state index contributed by atoms with van der Waals surface area (Å²) in [6, 6.07) is 3.31. The van der Waals surface area contributed by atoms with Crippen molar-refractivity contribution in [1.82, 2.24) is 9.69 Å². The monoisotopic (exact) mass is 327 g/mol. The minimum Gasteiger partial charge on any atom is -0.386 e. The van der Waals surface area contributed by atoms with Gasteiger partial charge < -0.3 is 15.7 Å². The number of hydrogen-bond donors (Lipinski definition) is 3. The molecular weight excluding hydrogens is 312 g/mol. The minimum atomic E-state index is -1.48. The summed E-state index contributed by atoms with van der Waals surface area (Å²) in [5.41, 5.74) is 0.434. The molecule has 1 atom stereocenters. The number of rotatable bonds is 5. The molecule has 2 aromatic rings. The van der Waals surface area contributed by atoms with Gasteiger partial charge in [-0.3, -0.25) is 4.79 Å². The van der Waals surface area contributed by atoms with Crippen molar-refractivity contribution < 1.29 is 18.7 Å². The normalized spacial score (nSPS) is 12.0. The third-order valence-electron chi connectivity index (χ3n) is 3.11. The van der Waals surface area contributed by atoms with Crippen molar-refractivity contribution in [1.29, 1.82) is 0 Å². The van der Waals surface area contributed by atoms with Crippen LogP contribution in [-0.4, -0.2) is 29.0 Å². The Labute approximate surface area is 130 Å². The quantitative estimate of drug-likeness (QED) is 0.787. The van der Waals surface area contributed by atoms with Crippen LogP contribution in [0.2, 0.25) is 0 Å². The maximum Gasteiger partial charge on any atom is 0.256 e. The number of benzene rings is 1. The third-order valence-corrected chi connectivity index (χ3v) is 4.06. The van der Waals surface area contributed by atoms with Crippen LogP contribution in [0.25, 0.3) is 0 Å². The highest BCUT2D eigenvalue weighted by atomic mass is 32.1. The maximum atomic E-state index is 13.6. The molecule has 3 N–H and O–H groups in total. The molecule has 2 rings (SSSR count). The molecule has 1 unspecified atom stereocenters. The van der Waals surface area contributed by atoms with Gasteiger partial charge in [0.2, 0.25) is 0 Å². The molecule has 0 saturated heterocycles. The van der Waals surface area contributed by atoms with Gasteiger partial charge >= 0.3 is 0 Å². The summed E-state index contributed by atoms with van der Waals surface area (Å²) in [7, 11) is 1.66. The van der Waals surface area contributed by atoms with Crippen LogP contribution in [0.3, 0.4) is 0 Å². The average Bonchev–Trinajstić information content (AvgIpc) is 2.85. The van der Waals surface area contributed by atoms with E-state index < -0.39 is 29.2 Å². The SMILES string of the molecule is CNc1snc(C)c1C(=O)NCC(O)c1c(F)cccc1F. The smallest absolute Gasteiger partial charge is 0.256 e. The second kappa shape index (κ2) is 6.80. The molecule has 0 fully saturated rings. The Morgan fingerprint density at radius 3 is 2.64 bits per heavy atom. The fourth-order valence-corrected chi connectivity index (χ4v) is 2.76. The molecular formula is C14H15F2N3O2S. The van der Waals surface area contributed by atoms with Gasteiger partial charge in [0, 0.05) is 13.6 Å². The fraction of sp³-hybridized carbons (Fsp3) is 0.286. The number of aliphatic hydroxyl groups is 1. The van der Waals surface area contributed by atoms with Gasteiger partial charge in [-0.2, -0.15) is 4.37 Å². The number of carbonyl (C=O) groups is 1. The van der Waals surface area contributed by atoms with Gasteiger partial charge in [-0.15, -0.1) is 0 Å². The van der Waals surface area contributed by atoms with Crippen molar-refractivity contribution >= 4 is 22.4 Å². The van der Waals surface area contributed by atoms with E-state index in [0.717, 1.165) is 23.7 Å². The van der Waals surface area contributed by atoms with E-state index in [1.54, 1.807) is 14.0 Å². The number of aromatic nitrogens is 1.